The quantitative estimate of drug-likeness (QED) is 0.715. The first-order chi connectivity index (χ1) is 7.27. The molecule has 1 heteroatoms. The first-order valence-corrected chi connectivity index (χ1v) is 4.94. The second-order valence-electron chi connectivity index (χ2n) is 3.59. The highest BCUT2D eigenvalue weighted by atomic mass is 14.6. The minimum absolute atomic E-state index is 1.02. The Bertz CT molecular complexity index is 454. The number of hydrogen-bond donors (Lipinski definition) is 0. The molecule has 0 saturated heterocycles. The van der Waals surface area contributed by atoms with Crippen molar-refractivity contribution < 1.29 is 0 Å². The van der Waals surface area contributed by atoms with Gasteiger partial charge in [-0.25, -0.2) is 0 Å². The second-order valence-corrected chi connectivity index (χ2v) is 3.59. The van der Waals surface area contributed by atoms with Crippen molar-refractivity contribution in [3.8, 4) is 0 Å². The van der Waals surface area contributed by atoms with Crippen molar-refractivity contribution >= 4 is 5.57 Å². The Hall–Kier alpha value is -1.89. The summed E-state index contributed by atoms with van der Waals surface area (Å²) >= 11 is 0. The van der Waals surface area contributed by atoms with E-state index in [0.717, 1.165) is 16.7 Å². The molecule has 15 heavy (non-hydrogen) atoms. The Morgan fingerprint density at radius 1 is 1.07 bits per heavy atom. The monoisotopic (exact) mass is 195 g/mol. The van der Waals surface area contributed by atoms with Crippen LogP contribution in [-0.4, -0.2) is 4.98 Å². The van der Waals surface area contributed by atoms with Crippen LogP contribution in [0.2, 0.25) is 0 Å². The van der Waals surface area contributed by atoms with Gasteiger partial charge in [-0.3, -0.25) is 4.98 Å². The fraction of sp³-hybridized carbons (Fsp3) is 0.0714. The first kappa shape index (κ1) is 9.66. The average molecular weight is 195 g/mol. The molecule has 0 saturated carbocycles. The van der Waals surface area contributed by atoms with E-state index in [2.05, 4.69) is 42.8 Å². The van der Waals surface area contributed by atoms with Crippen molar-refractivity contribution in [3.05, 3.63) is 72.1 Å². The molecule has 1 aromatic heterocycles. The number of benzene rings is 1. The molecule has 1 heterocycles. The molecule has 1 aromatic carbocycles. The smallest absolute Gasteiger partial charge is 0.0346 e. The molecule has 0 atom stereocenters. The number of hydrogen-bond acceptors (Lipinski definition) is 1. The van der Waals surface area contributed by atoms with Gasteiger partial charge in [-0.1, -0.05) is 42.5 Å². The molecule has 74 valence electrons. The molecule has 0 unspecified atom stereocenters. The fourth-order valence-electron chi connectivity index (χ4n) is 1.46. The lowest BCUT2D eigenvalue weighted by atomic mass is 10.0. The molecule has 1 nitrogen and oxygen atoms in total. The van der Waals surface area contributed by atoms with Crippen LogP contribution < -0.4 is 0 Å². The van der Waals surface area contributed by atoms with E-state index in [4.69, 9.17) is 0 Å². The van der Waals surface area contributed by atoms with Gasteiger partial charge in [0.15, 0.2) is 0 Å². The van der Waals surface area contributed by atoms with Crippen molar-refractivity contribution in [3.63, 3.8) is 0 Å². The molecule has 0 aliphatic heterocycles. The van der Waals surface area contributed by atoms with E-state index < -0.39 is 0 Å². The molecule has 0 spiro atoms. The van der Waals surface area contributed by atoms with Crippen LogP contribution in [0.5, 0.6) is 0 Å². The average Bonchev–Trinajstić information content (AvgIpc) is 2.30. The lowest BCUT2D eigenvalue weighted by Crippen LogP contribution is -1.86. The lowest BCUT2D eigenvalue weighted by Gasteiger charge is -2.05. The summed E-state index contributed by atoms with van der Waals surface area (Å²) in [6.07, 6.45) is 3.61. The lowest BCUT2D eigenvalue weighted by molar-refractivity contribution is 1.31. The summed E-state index contributed by atoms with van der Waals surface area (Å²) in [5, 5.41) is 0. The minimum Gasteiger partial charge on any atom is -0.264 e. The van der Waals surface area contributed by atoms with Gasteiger partial charge in [-0.2, -0.15) is 0 Å². The van der Waals surface area contributed by atoms with Crippen LogP contribution in [0.1, 0.15) is 16.7 Å². The van der Waals surface area contributed by atoms with Gasteiger partial charge in [0, 0.05) is 12.4 Å². The van der Waals surface area contributed by atoms with Gasteiger partial charge in [-0.15, -0.1) is 0 Å². The summed E-state index contributed by atoms with van der Waals surface area (Å²) in [6, 6.07) is 12.3. The number of nitrogens with zero attached hydrogens (tertiary/aromatic N) is 1. The molecular formula is C14H13N. The molecule has 0 radical (unpaired) electrons. The zero-order chi connectivity index (χ0) is 10.7. The predicted molar refractivity (Wildman–Crippen MR) is 63.6 cm³/mol. The normalized spacial score (nSPS) is 9.93. The van der Waals surface area contributed by atoms with Crippen LogP contribution in [0.4, 0.5) is 0 Å². The topological polar surface area (TPSA) is 12.9 Å². The summed E-state index contributed by atoms with van der Waals surface area (Å²) < 4.78 is 0. The Kier molecular flexibility index (Phi) is 2.64. The molecule has 0 bridgehead atoms. The van der Waals surface area contributed by atoms with Crippen molar-refractivity contribution in [2.24, 2.45) is 0 Å². The zero-order valence-corrected chi connectivity index (χ0v) is 8.77. The van der Waals surface area contributed by atoms with Gasteiger partial charge < -0.3 is 0 Å². The van der Waals surface area contributed by atoms with E-state index in [9.17, 15) is 0 Å². The van der Waals surface area contributed by atoms with E-state index in [1.54, 1.807) is 6.20 Å². The number of aromatic nitrogens is 1. The summed E-state index contributed by atoms with van der Waals surface area (Å²) in [6.45, 7) is 6.16. The van der Waals surface area contributed by atoms with Gasteiger partial charge in [0.1, 0.15) is 0 Å². The fourth-order valence-corrected chi connectivity index (χ4v) is 1.46. The number of rotatable bonds is 2. The third-order valence-electron chi connectivity index (χ3n) is 2.41. The Labute approximate surface area is 90.1 Å². The predicted octanol–water partition coefficient (Wildman–Crippen LogP) is 3.45. The third-order valence-corrected chi connectivity index (χ3v) is 2.41. The largest absolute Gasteiger partial charge is 0.264 e. The summed E-state index contributed by atoms with van der Waals surface area (Å²) in [5.41, 5.74) is 4.50. The number of aryl methyl sites for hydroxylation is 1. The molecule has 0 aliphatic rings. The van der Waals surface area contributed by atoms with Gasteiger partial charge in [0.05, 0.1) is 0 Å². The molecule has 0 N–H and O–H groups in total. The zero-order valence-electron chi connectivity index (χ0n) is 8.77. The minimum atomic E-state index is 1.02. The number of pyridine rings is 1. The van der Waals surface area contributed by atoms with Crippen LogP contribution in [0.25, 0.3) is 5.57 Å². The van der Waals surface area contributed by atoms with Crippen LogP contribution in [0.3, 0.4) is 0 Å². The highest BCUT2D eigenvalue weighted by Gasteiger charge is 2.00. The van der Waals surface area contributed by atoms with Gasteiger partial charge in [0.25, 0.3) is 0 Å². The Morgan fingerprint density at radius 3 is 2.40 bits per heavy atom. The SMILES string of the molecule is C=C(c1ccc(C)cc1)c1cccnc1. The molecule has 2 rings (SSSR count). The maximum Gasteiger partial charge on any atom is 0.0346 e. The van der Waals surface area contributed by atoms with E-state index in [1.807, 2.05) is 18.3 Å². The van der Waals surface area contributed by atoms with Crippen molar-refractivity contribution in [2.75, 3.05) is 0 Å². The van der Waals surface area contributed by atoms with Gasteiger partial charge in [-0.05, 0) is 29.7 Å². The van der Waals surface area contributed by atoms with E-state index >= 15 is 0 Å². The summed E-state index contributed by atoms with van der Waals surface area (Å²) in [7, 11) is 0. The molecule has 0 amide bonds. The standard InChI is InChI=1S/C14H13N/c1-11-5-7-13(8-6-11)12(2)14-4-3-9-15-10-14/h3-10H,2H2,1H3. The maximum absolute atomic E-state index is 4.09. The highest BCUT2D eigenvalue weighted by Crippen LogP contribution is 2.20. The van der Waals surface area contributed by atoms with Gasteiger partial charge in [0.2, 0.25) is 0 Å². The van der Waals surface area contributed by atoms with Crippen molar-refractivity contribution in [1.82, 2.24) is 4.98 Å². The molecule has 0 aliphatic carbocycles. The maximum atomic E-state index is 4.09. The van der Waals surface area contributed by atoms with E-state index in [-0.39, 0.29) is 0 Å². The highest BCUT2D eigenvalue weighted by molar-refractivity contribution is 5.77. The van der Waals surface area contributed by atoms with E-state index in [0.29, 0.717) is 0 Å². The molecular weight excluding hydrogens is 182 g/mol. The Morgan fingerprint density at radius 2 is 1.80 bits per heavy atom. The van der Waals surface area contributed by atoms with Crippen molar-refractivity contribution in [1.29, 1.82) is 0 Å². The van der Waals surface area contributed by atoms with Gasteiger partial charge >= 0.3 is 0 Å². The first-order valence-electron chi connectivity index (χ1n) is 4.94. The second kappa shape index (κ2) is 4.09. The van der Waals surface area contributed by atoms with Crippen LogP contribution in [-0.2, 0) is 0 Å². The van der Waals surface area contributed by atoms with Crippen LogP contribution in [0, 0.1) is 6.92 Å². The molecule has 2 aromatic rings. The summed E-state index contributed by atoms with van der Waals surface area (Å²) in [4.78, 5) is 4.09. The molecule has 0 fully saturated rings. The van der Waals surface area contributed by atoms with Crippen LogP contribution in [0.15, 0.2) is 55.4 Å². The third kappa shape index (κ3) is 2.13. The Balaban J connectivity index is 2.33. The van der Waals surface area contributed by atoms with Crippen molar-refractivity contribution in [2.45, 2.75) is 6.92 Å². The van der Waals surface area contributed by atoms with Crippen LogP contribution >= 0.6 is 0 Å². The summed E-state index contributed by atoms with van der Waals surface area (Å²) in [5.74, 6) is 0. The van der Waals surface area contributed by atoms with E-state index in [1.165, 1.54) is 5.56 Å².